The molecular weight excluding hydrogens is 216 g/mol. The lowest BCUT2D eigenvalue weighted by Crippen LogP contribution is -2.15. The van der Waals surface area contributed by atoms with Gasteiger partial charge in [-0.15, -0.1) is 0 Å². The highest BCUT2D eigenvalue weighted by Gasteiger charge is 2.18. The molecule has 0 nitrogen and oxygen atoms in total. The Labute approximate surface area is 117 Å². The summed E-state index contributed by atoms with van der Waals surface area (Å²) in [6.07, 6.45) is 14.2. The Balaban J connectivity index is 4.05. The SMILES string of the molecule is CCCCCCC(CC(C)CC)C(C)CCCC. The highest BCUT2D eigenvalue weighted by Crippen LogP contribution is 2.30. The third kappa shape index (κ3) is 9.00. The van der Waals surface area contributed by atoms with Gasteiger partial charge in [0.1, 0.15) is 0 Å². The van der Waals surface area contributed by atoms with Gasteiger partial charge in [0.2, 0.25) is 0 Å². The van der Waals surface area contributed by atoms with Crippen molar-refractivity contribution in [2.45, 2.75) is 98.8 Å². The van der Waals surface area contributed by atoms with Gasteiger partial charge in [-0.1, -0.05) is 92.4 Å². The molecule has 3 unspecified atom stereocenters. The quantitative estimate of drug-likeness (QED) is 0.335. The van der Waals surface area contributed by atoms with E-state index in [4.69, 9.17) is 0 Å². The zero-order valence-electron chi connectivity index (χ0n) is 13.8. The fourth-order valence-corrected chi connectivity index (χ4v) is 2.91. The molecule has 0 heterocycles. The Kier molecular flexibility index (Phi) is 12.1. The first-order valence-corrected chi connectivity index (χ1v) is 8.65. The van der Waals surface area contributed by atoms with Crippen LogP contribution in [-0.4, -0.2) is 0 Å². The van der Waals surface area contributed by atoms with Crippen molar-refractivity contribution >= 4 is 0 Å². The number of hydrogen-bond acceptors (Lipinski definition) is 0. The lowest BCUT2D eigenvalue weighted by atomic mass is 9.79. The predicted octanol–water partition coefficient (Wildman–Crippen LogP) is 6.84. The summed E-state index contributed by atoms with van der Waals surface area (Å²) in [6.45, 7) is 11.9. The number of hydrogen-bond donors (Lipinski definition) is 0. The van der Waals surface area contributed by atoms with Crippen LogP contribution in [0.25, 0.3) is 0 Å². The van der Waals surface area contributed by atoms with E-state index in [1.807, 2.05) is 0 Å². The number of rotatable bonds is 12. The minimum atomic E-state index is 0.922. The Hall–Kier alpha value is 0. The standard InChI is InChI=1S/C18H38/c1-6-9-11-12-14-18(15-16(4)8-3)17(5)13-10-7-2/h16-18H,6-15H2,1-5H3. The topological polar surface area (TPSA) is 0 Å². The monoisotopic (exact) mass is 254 g/mol. The Morgan fingerprint density at radius 3 is 1.94 bits per heavy atom. The molecule has 3 atom stereocenters. The molecule has 0 radical (unpaired) electrons. The highest BCUT2D eigenvalue weighted by atomic mass is 14.2. The van der Waals surface area contributed by atoms with E-state index in [-0.39, 0.29) is 0 Å². The normalized spacial score (nSPS) is 16.5. The summed E-state index contributed by atoms with van der Waals surface area (Å²) in [5, 5.41) is 0. The van der Waals surface area contributed by atoms with Crippen LogP contribution in [0.15, 0.2) is 0 Å². The van der Waals surface area contributed by atoms with Gasteiger partial charge < -0.3 is 0 Å². The summed E-state index contributed by atoms with van der Waals surface area (Å²) < 4.78 is 0. The highest BCUT2D eigenvalue weighted by molar-refractivity contribution is 4.70. The molecule has 0 bridgehead atoms. The first-order chi connectivity index (χ1) is 8.65. The predicted molar refractivity (Wildman–Crippen MR) is 85.0 cm³/mol. The maximum Gasteiger partial charge on any atom is -0.0386 e. The summed E-state index contributed by atoms with van der Waals surface area (Å²) in [4.78, 5) is 0. The van der Waals surface area contributed by atoms with Crippen LogP contribution < -0.4 is 0 Å². The first kappa shape index (κ1) is 18.0. The lowest BCUT2D eigenvalue weighted by Gasteiger charge is -2.26. The summed E-state index contributed by atoms with van der Waals surface area (Å²) in [7, 11) is 0. The molecule has 0 aromatic carbocycles. The number of unbranched alkanes of at least 4 members (excludes halogenated alkanes) is 4. The zero-order chi connectivity index (χ0) is 13.8. The van der Waals surface area contributed by atoms with Crippen LogP contribution in [0.5, 0.6) is 0 Å². The molecule has 0 heteroatoms. The van der Waals surface area contributed by atoms with E-state index in [2.05, 4.69) is 34.6 Å². The fraction of sp³-hybridized carbons (Fsp3) is 1.00. The van der Waals surface area contributed by atoms with Crippen LogP contribution in [0.4, 0.5) is 0 Å². The Bertz CT molecular complexity index is 161. The van der Waals surface area contributed by atoms with E-state index in [1.165, 1.54) is 64.2 Å². The largest absolute Gasteiger partial charge is 0.0654 e. The zero-order valence-corrected chi connectivity index (χ0v) is 13.8. The molecule has 0 aliphatic carbocycles. The second kappa shape index (κ2) is 12.1. The van der Waals surface area contributed by atoms with Crippen molar-refractivity contribution in [3.05, 3.63) is 0 Å². The Morgan fingerprint density at radius 1 is 0.722 bits per heavy atom. The van der Waals surface area contributed by atoms with Gasteiger partial charge in [0, 0.05) is 0 Å². The Morgan fingerprint density at radius 2 is 1.39 bits per heavy atom. The molecule has 0 saturated carbocycles. The van der Waals surface area contributed by atoms with Crippen molar-refractivity contribution in [3.63, 3.8) is 0 Å². The van der Waals surface area contributed by atoms with Gasteiger partial charge in [0.15, 0.2) is 0 Å². The maximum atomic E-state index is 2.50. The average molecular weight is 255 g/mol. The van der Waals surface area contributed by atoms with Crippen molar-refractivity contribution in [2.24, 2.45) is 17.8 Å². The van der Waals surface area contributed by atoms with Crippen molar-refractivity contribution in [3.8, 4) is 0 Å². The molecule has 0 amide bonds. The van der Waals surface area contributed by atoms with Crippen LogP contribution >= 0.6 is 0 Å². The van der Waals surface area contributed by atoms with Crippen molar-refractivity contribution in [1.29, 1.82) is 0 Å². The molecule has 0 aliphatic rings. The van der Waals surface area contributed by atoms with Gasteiger partial charge in [-0.2, -0.15) is 0 Å². The fourth-order valence-electron chi connectivity index (χ4n) is 2.91. The van der Waals surface area contributed by atoms with E-state index in [0.717, 1.165) is 17.8 Å². The molecule has 18 heavy (non-hydrogen) atoms. The van der Waals surface area contributed by atoms with E-state index in [1.54, 1.807) is 0 Å². The van der Waals surface area contributed by atoms with Gasteiger partial charge >= 0.3 is 0 Å². The molecule has 0 aliphatic heterocycles. The smallest absolute Gasteiger partial charge is 0.0386 e. The summed E-state index contributed by atoms with van der Waals surface area (Å²) >= 11 is 0. The average Bonchev–Trinajstić information content (AvgIpc) is 2.39. The van der Waals surface area contributed by atoms with Gasteiger partial charge in [0.25, 0.3) is 0 Å². The molecule has 0 saturated heterocycles. The molecule has 0 N–H and O–H groups in total. The minimum Gasteiger partial charge on any atom is -0.0654 e. The van der Waals surface area contributed by atoms with Gasteiger partial charge in [-0.25, -0.2) is 0 Å². The first-order valence-electron chi connectivity index (χ1n) is 8.65. The van der Waals surface area contributed by atoms with E-state index in [0.29, 0.717) is 0 Å². The van der Waals surface area contributed by atoms with E-state index < -0.39 is 0 Å². The second-order valence-electron chi connectivity index (χ2n) is 6.48. The molecule has 0 fully saturated rings. The van der Waals surface area contributed by atoms with Gasteiger partial charge in [-0.3, -0.25) is 0 Å². The van der Waals surface area contributed by atoms with Crippen LogP contribution in [-0.2, 0) is 0 Å². The second-order valence-corrected chi connectivity index (χ2v) is 6.48. The third-order valence-electron chi connectivity index (χ3n) is 4.65. The van der Waals surface area contributed by atoms with Crippen LogP contribution in [0.2, 0.25) is 0 Å². The summed E-state index contributed by atoms with van der Waals surface area (Å²) in [6, 6.07) is 0. The van der Waals surface area contributed by atoms with Crippen molar-refractivity contribution in [1.82, 2.24) is 0 Å². The maximum absolute atomic E-state index is 2.50. The molecular formula is C18H38. The third-order valence-corrected chi connectivity index (χ3v) is 4.65. The molecule has 0 spiro atoms. The molecule has 0 aromatic heterocycles. The van der Waals surface area contributed by atoms with Gasteiger partial charge in [-0.05, 0) is 24.2 Å². The van der Waals surface area contributed by atoms with Crippen LogP contribution in [0.1, 0.15) is 98.8 Å². The molecule has 0 aromatic rings. The van der Waals surface area contributed by atoms with Gasteiger partial charge in [0.05, 0.1) is 0 Å². The van der Waals surface area contributed by atoms with Crippen molar-refractivity contribution in [2.75, 3.05) is 0 Å². The van der Waals surface area contributed by atoms with Crippen LogP contribution in [0, 0.1) is 17.8 Å². The minimum absolute atomic E-state index is 0.922. The summed E-state index contributed by atoms with van der Waals surface area (Å²) in [5.74, 6) is 2.86. The van der Waals surface area contributed by atoms with E-state index in [9.17, 15) is 0 Å². The lowest BCUT2D eigenvalue weighted by molar-refractivity contribution is 0.248. The van der Waals surface area contributed by atoms with Crippen LogP contribution in [0.3, 0.4) is 0 Å². The van der Waals surface area contributed by atoms with Crippen molar-refractivity contribution < 1.29 is 0 Å². The van der Waals surface area contributed by atoms with E-state index >= 15 is 0 Å². The molecule has 110 valence electrons. The molecule has 0 rings (SSSR count). The summed E-state index contributed by atoms with van der Waals surface area (Å²) in [5.41, 5.74) is 0.